The van der Waals surface area contributed by atoms with Gasteiger partial charge >= 0.3 is 11.9 Å². The van der Waals surface area contributed by atoms with Gasteiger partial charge in [-0.25, -0.2) is 0 Å². The number of carbonyl (C=O) groups is 2. The van der Waals surface area contributed by atoms with Crippen LogP contribution in [0.25, 0.3) is 0 Å². The van der Waals surface area contributed by atoms with Crippen molar-refractivity contribution in [3.05, 3.63) is 35.9 Å². The van der Waals surface area contributed by atoms with Crippen molar-refractivity contribution in [1.82, 2.24) is 0 Å². The fourth-order valence-electron chi connectivity index (χ4n) is 2.30. The van der Waals surface area contributed by atoms with Gasteiger partial charge < -0.3 is 14.0 Å². The van der Waals surface area contributed by atoms with Gasteiger partial charge in [0, 0.05) is 6.42 Å². The maximum Gasteiger partial charge on any atom is 0.310 e. The molecular formula is C19H30NO4+. The molecular weight excluding hydrogens is 306 g/mol. The first-order valence-electron chi connectivity index (χ1n) is 8.35. The van der Waals surface area contributed by atoms with E-state index in [0.717, 1.165) is 5.56 Å². The first-order chi connectivity index (χ1) is 11.2. The molecule has 0 unspecified atom stereocenters. The molecule has 5 heteroatoms. The second-order valence-corrected chi connectivity index (χ2v) is 7.53. The molecule has 0 saturated carbocycles. The number of ether oxygens (including phenoxy) is 2. The Morgan fingerprint density at radius 1 is 1.00 bits per heavy atom. The molecule has 0 fully saturated rings. The summed E-state index contributed by atoms with van der Waals surface area (Å²) in [7, 11) is 6.00. The molecule has 1 rings (SSSR count). The molecule has 0 aliphatic heterocycles. The van der Waals surface area contributed by atoms with Crippen molar-refractivity contribution in [1.29, 1.82) is 0 Å². The maximum atomic E-state index is 12.1. The number of likely N-dealkylation sites (N-methyl/N-ethyl adjacent to an activating group) is 1. The number of nitrogens with zero attached hydrogens (tertiary/aromatic N) is 1. The van der Waals surface area contributed by atoms with Crippen LogP contribution in [0.4, 0.5) is 0 Å². The number of rotatable bonds is 9. The highest BCUT2D eigenvalue weighted by Gasteiger charge is 2.26. The number of quaternary nitrogens is 1. The third kappa shape index (κ3) is 9.30. The van der Waals surface area contributed by atoms with Gasteiger partial charge in [0.2, 0.25) is 0 Å². The third-order valence-corrected chi connectivity index (χ3v) is 3.26. The molecule has 0 radical (unpaired) electrons. The van der Waals surface area contributed by atoms with Gasteiger partial charge in [0.15, 0.2) is 6.10 Å². The average Bonchev–Trinajstić information content (AvgIpc) is 2.43. The van der Waals surface area contributed by atoms with Crippen molar-refractivity contribution >= 4 is 11.9 Å². The van der Waals surface area contributed by atoms with Crippen LogP contribution in [0, 0.1) is 5.92 Å². The van der Waals surface area contributed by atoms with E-state index >= 15 is 0 Å². The molecule has 24 heavy (non-hydrogen) atoms. The van der Waals surface area contributed by atoms with Crippen LogP contribution < -0.4 is 0 Å². The van der Waals surface area contributed by atoms with Gasteiger partial charge in [-0.1, -0.05) is 44.2 Å². The Morgan fingerprint density at radius 2 is 1.62 bits per heavy atom. The summed E-state index contributed by atoms with van der Waals surface area (Å²) in [5.74, 6) is -0.388. The summed E-state index contributed by atoms with van der Waals surface area (Å²) in [5.41, 5.74) is 0.936. The number of esters is 2. The van der Waals surface area contributed by atoms with Gasteiger partial charge in [0.1, 0.15) is 13.2 Å². The second kappa shape index (κ2) is 9.42. The lowest BCUT2D eigenvalue weighted by Gasteiger charge is -2.28. The largest absolute Gasteiger partial charge is 0.461 e. The molecule has 0 aromatic heterocycles. The van der Waals surface area contributed by atoms with E-state index in [2.05, 4.69) is 0 Å². The summed E-state index contributed by atoms with van der Waals surface area (Å²) in [5, 5.41) is 0. The van der Waals surface area contributed by atoms with Crippen molar-refractivity contribution < 1.29 is 23.5 Å². The van der Waals surface area contributed by atoms with Gasteiger partial charge in [-0.3, -0.25) is 9.59 Å². The molecule has 0 bridgehead atoms. The fraction of sp³-hybridized carbons (Fsp3) is 0.579. The molecule has 0 heterocycles. The molecule has 134 valence electrons. The lowest BCUT2D eigenvalue weighted by Crippen LogP contribution is -2.44. The molecule has 1 aromatic carbocycles. The molecule has 0 aliphatic rings. The van der Waals surface area contributed by atoms with Crippen molar-refractivity contribution in [3.8, 4) is 0 Å². The van der Waals surface area contributed by atoms with Crippen LogP contribution in [0.3, 0.4) is 0 Å². The molecule has 0 N–H and O–H groups in total. The summed E-state index contributed by atoms with van der Waals surface area (Å²) in [4.78, 5) is 24.0. The van der Waals surface area contributed by atoms with Gasteiger partial charge in [-0.05, 0) is 11.5 Å². The number of hydrogen-bond donors (Lipinski definition) is 0. The first-order valence-corrected chi connectivity index (χ1v) is 8.35. The van der Waals surface area contributed by atoms with E-state index in [1.54, 1.807) is 0 Å². The molecule has 1 atom stereocenters. The predicted molar refractivity (Wildman–Crippen MR) is 93.1 cm³/mol. The van der Waals surface area contributed by atoms with Crippen molar-refractivity contribution in [2.45, 2.75) is 39.4 Å². The van der Waals surface area contributed by atoms with E-state index in [9.17, 15) is 9.59 Å². The first kappa shape index (κ1) is 20.2. The van der Waals surface area contributed by atoms with Crippen LogP contribution in [-0.2, 0) is 25.7 Å². The van der Waals surface area contributed by atoms with E-state index in [1.807, 2.05) is 65.3 Å². The Balaban J connectivity index is 2.56. The Kier molecular flexibility index (Phi) is 7.92. The topological polar surface area (TPSA) is 52.6 Å². The predicted octanol–water partition coefficient (Wildman–Crippen LogP) is 2.78. The van der Waals surface area contributed by atoms with Crippen LogP contribution in [0.1, 0.15) is 32.3 Å². The Hall–Kier alpha value is -1.88. The Morgan fingerprint density at radius 3 is 2.17 bits per heavy atom. The van der Waals surface area contributed by atoms with Gasteiger partial charge in [0.25, 0.3) is 0 Å². The van der Waals surface area contributed by atoms with E-state index in [-0.39, 0.29) is 30.9 Å². The average molecular weight is 336 g/mol. The number of carbonyl (C=O) groups excluding carboxylic acids is 2. The Labute approximate surface area is 145 Å². The second-order valence-electron chi connectivity index (χ2n) is 7.53. The molecule has 0 saturated heterocycles. The van der Waals surface area contributed by atoms with Crippen molar-refractivity contribution in [2.24, 2.45) is 5.92 Å². The zero-order valence-electron chi connectivity index (χ0n) is 15.5. The lowest BCUT2D eigenvalue weighted by atomic mass is 10.1. The summed E-state index contributed by atoms with van der Waals surface area (Å²) in [6.07, 6.45) is -0.0432. The highest BCUT2D eigenvalue weighted by molar-refractivity contribution is 5.72. The third-order valence-electron chi connectivity index (χ3n) is 3.26. The van der Waals surface area contributed by atoms with Crippen molar-refractivity contribution in [2.75, 3.05) is 27.7 Å². The highest BCUT2D eigenvalue weighted by Crippen LogP contribution is 2.11. The standard InChI is InChI=1S/C19H30NO4/c1-15(2)11-19(22)24-17(13-20(3,4)5)12-18(21)23-14-16-9-7-6-8-10-16/h6-10,15,17H,11-14H2,1-5H3/q+1/t17-/m1/s1. The molecule has 0 spiro atoms. The minimum absolute atomic E-state index is 0.0756. The summed E-state index contributed by atoms with van der Waals surface area (Å²) >= 11 is 0. The van der Waals surface area contributed by atoms with E-state index in [1.165, 1.54) is 0 Å². The summed E-state index contributed by atoms with van der Waals surface area (Å²) < 4.78 is 11.4. The zero-order valence-corrected chi connectivity index (χ0v) is 15.5. The highest BCUT2D eigenvalue weighted by atomic mass is 16.6. The van der Waals surface area contributed by atoms with Crippen LogP contribution in [0.2, 0.25) is 0 Å². The smallest absolute Gasteiger partial charge is 0.310 e. The van der Waals surface area contributed by atoms with Crippen LogP contribution in [-0.4, -0.2) is 50.2 Å². The summed E-state index contributed by atoms with van der Waals surface area (Å²) in [6.45, 7) is 4.72. The molecule has 5 nitrogen and oxygen atoms in total. The fourth-order valence-corrected chi connectivity index (χ4v) is 2.30. The molecule has 0 amide bonds. The minimum atomic E-state index is -0.473. The van der Waals surface area contributed by atoms with E-state index in [4.69, 9.17) is 9.47 Å². The monoisotopic (exact) mass is 336 g/mol. The van der Waals surface area contributed by atoms with E-state index < -0.39 is 6.10 Å². The van der Waals surface area contributed by atoms with Crippen LogP contribution in [0.5, 0.6) is 0 Å². The number of benzene rings is 1. The normalized spacial score (nSPS) is 12.8. The molecule has 0 aliphatic carbocycles. The van der Waals surface area contributed by atoms with Crippen LogP contribution in [0.15, 0.2) is 30.3 Å². The zero-order chi connectivity index (χ0) is 18.2. The quantitative estimate of drug-likeness (QED) is 0.514. The van der Waals surface area contributed by atoms with E-state index in [0.29, 0.717) is 17.4 Å². The minimum Gasteiger partial charge on any atom is -0.461 e. The molecule has 1 aromatic rings. The van der Waals surface area contributed by atoms with Gasteiger partial charge in [-0.2, -0.15) is 0 Å². The Bertz CT molecular complexity index is 520. The lowest BCUT2D eigenvalue weighted by molar-refractivity contribution is -0.873. The van der Waals surface area contributed by atoms with Gasteiger partial charge in [-0.15, -0.1) is 0 Å². The summed E-state index contributed by atoms with van der Waals surface area (Å²) in [6, 6.07) is 9.52. The number of hydrogen-bond acceptors (Lipinski definition) is 4. The van der Waals surface area contributed by atoms with Gasteiger partial charge in [0.05, 0.1) is 27.6 Å². The van der Waals surface area contributed by atoms with Crippen molar-refractivity contribution in [3.63, 3.8) is 0 Å². The SMILES string of the molecule is CC(C)CC(=O)O[C@H](CC(=O)OCc1ccccc1)C[N+](C)(C)C. The van der Waals surface area contributed by atoms with Crippen LogP contribution >= 0.6 is 0 Å². The maximum absolute atomic E-state index is 12.1.